The van der Waals surface area contributed by atoms with E-state index in [0.717, 1.165) is 0 Å². The van der Waals surface area contributed by atoms with Crippen LogP contribution in [0.3, 0.4) is 0 Å². The summed E-state index contributed by atoms with van der Waals surface area (Å²) in [7, 11) is 0. The Morgan fingerprint density at radius 1 is 1.21 bits per heavy atom. The Kier molecular flexibility index (Phi) is 7.02. The summed E-state index contributed by atoms with van der Waals surface area (Å²) < 4.78 is 11.0. The van der Waals surface area contributed by atoms with Crippen LogP contribution in [0.25, 0.3) is 0 Å². The van der Waals surface area contributed by atoms with Crippen molar-refractivity contribution in [2.45, 2.75) is 0 Å². The number of carbonyl (C=O) groups excluding carboxylic acids is 2. The summed E-state index contributed by atoms with van der Waals surface area (Å²) in [6, 6.07) is 8.46. The minimum atomic E-state index is -0.614. The van der Waals surface area contributed by atoms with Crippen LogP contribution in [-0.4, -0.2) is 36.6 Å². The molecule has 1 aromatic carbocycles. The highest BCUT2D eigenvalue weighted by Gasteiger charge is 2.10. The lowest BCUT2D eigenvalue weighted by Crippen LogP contribution is -2.32. The van der Waals surface area contributed by atoms with Crippen LogP contribution >= 0.6 is 27.5 Å². The molecule has 2 aromatic rings. The van der Waals surface area contributed by atoms with E-state index in [0.29, 0.717) is 15.2 Å². The lowest BCUT2D eigenvalue weighted by Gasteiger charge is -2.08. The van der Waals surface area contributed by atoms with E-state index in [-0.39, 0.29) is 25.3 Å². The summed E-state index contributed by atoms with van der Waals surface area (Å²) in [5.74, 6) is -0.371. The molecule has 0 bridgehead atoms. The number of aromatic nitrogens is 1. The Labute approximate surface area is 152 Å². The lowest BCUT2D eigenvalue weighted by molar-refractivity contribution is -0.124. The molecule has 0 saturated heterocycles. The average Bonchev–Trinajstić information content (AvgIpc) is 2.58. The van der Waals surface area contributed by atoms with E-state index >= 15 is 0 Å². The Morgan fingerprint density at radius 3 is 2.67 bits per heavy atom. The third-order valence-electron chi connectivity index (χ3n) is 2.78. The van der Waals surface area contributed by atoms with Crippen LogP contribution in [0.1, 0.15) is 10.4 Å². The minimum absolute atomic E-state index is 0.267. The van der Waals surface area contributed by atoms with Crippen molar-refractivity contribution in [1.82, 2.24) is 10.3 Å². The first-order valence-corrected chi connectivity index (χ1v) is 8.14. The molecule has 0 fully saturated rings. The van der Waals surface area contributed by atoms with E-state index in [1.165, 1.54) is 6.20 Å². The maximum Gasteiger partial charge on any atom is 0.340 e. The number of hydrogen-bond donors (Lipinski definition) is 1. The zero-order chi connectivity index (χ0) is 17.4. The molecule has 1 aromatic heterocycles. The minimum Gasteiger partial charge on any atom is -0.492 e. The van der Waals surface area contributed by atoms with E-state index in [4.69, 9.17) is 21.1 Å². The molecule has 0 aliphatic heterocycles. The van der Waals surface area contributed by atoms with E-state index in [2.05, 4.69) is 26.2 Å². The quantitative estimate of drug-likeness (QED) is 0.558. The van der Waals surface area contributed by atoms with Gasteiger partial charge in [0.25, 0.3) is 5.91 Å². The first-order chi connectivity index (χ1) is 11.5. The fourth-order valence-electron chi connectivity index (χ4n) is 1.68. The zero-order valence-electron chi connectivity index (χ0n) is 12.5. The highest BCUT2D eigenvalue weighted by atomic mass is 79.9. The normalized spacial score (nSPS) is 10.1. The van der Waals surface area contributed by atoms with Gasteiger partial charge in [-0.2, -0.15) is 0 Å². The Bertz CT molecular complexity index is 709. The molecule has 1 N–H and O–H groups in total. The highest BCUT2D eigenvalue weighted by Crippen LogP contribution is 2.15. The van der Waals surface area contributed by atoms with Gasteiger partial charge in [0, 0.05) is 21.9 Å². The van der Waals surface area contributed by atoms with Crippen molar-refractivity contribution in [3.63, 3.8) is 0 Å². The molecule has 8 heteroatoms. The molecule has 0 saturated carbocycles. The molecule has 126 valence electrons. The molecule has 2 rings (SSSR count). The maximum atomic E-state index is 11.7. The molecular weight excluding hydrogens is 400 g/mol. The van der Waals surface area contributed by atoms with E-state index in [1.807, 2.05) is 0 Å². The van der Waals surface area contributed by atoms with Crippen LogP contribution in [0, 0.1) is 0 Å². The van der Waals surface area contributed by atoms with Crippen molar-refractivity contribution in [3.8, 4) is 5.75 Å². The third kappa shape index (κ3) is 6.17. The molecule has 24 heavy (non-hydrogen) atoms. The standard InChI is InChI=1S/C16H14BrClN2O4/c17-12-7-11(8-19-9-12)16(22)24-10-15(21)20-5-6-23-14-3-1-13(18)2-4-14/h1-4,7-9H,5-6,10H2,(H,20,21). The lowest BCUT2D eigenvalue weighted by atomic mass is 10.3. The molecule has 0 atom stereocenters. The Morgan fingerprint density at radius 2 is 1.96 bits per heavy atom. The molecule has 1 heterocycles. The van der Waals surface area contributed by atoms with Crippen LogP contribution in [0.15, 0.2) is 47.2 Å². The van der Waals surface area contributed by atoms with Crippen molar-refractivity contribution in [2.75, 3.05) is 19.8 Å². The van der Waals surface area contributed by atoms with Gasteiger partial charge < -0.3 is 14.8 Å². The molecule has 0 radical (unpaired) electrons. The predicted molar refractivity (Wildman–Crippen MR) is 92.2 cm³/mol. The number of pyridine rings is 1. The fraction of sp³-hybridized carbons (Fsp3) is 0.188. The van der Waals surface area contributed by atoms with E-state index in [9.17, 15) is 9.59 Å². The average molecular weight is 414 g/mol. The van der Waals surface area contributed by atoms with Crippen LogP contribution in [0.4, 0.5) is 0 Å². The van der Waals surface area contributed by atoms with Gasteiger partial charge in [-0.25, -0.2) is 4.79 Å². The van der Waals surface area contributed by atoms with E-state index in [1.54, 1.807) is 36.5 Å². The molecule has 1 amide bonds. The largest absolute Gasteiger partial charge is 0.492 e. The van der Waals surface area contributed by atoms with Gasteiger partial charge in [-0.1, -0.05) is 11.6 Å². The van der Waals surface area contributed by atoms with Gasteiger partial charge in [0.1, 0.15) is 12.4 Å². The van der Waals surface area contributed by atoms with Crippen molar-refractivity contribution in [1.29, 1.82) is 0 Å². The second-order valence-corrected chi connectivity index (χ2v) is 5.97. The van der Waals surface area contributed by atoms with Gasteiger partial charge in [-0.05, 0) is 46.3 Å². The Balaban J connectivity index is 1.64. The monoisotopic (exact) mass is 412 g/mol. The third-order valence-corrected chi connectivity index (χ3v) is 3.47. The molecule has 0 aliphatic carbocycles. The van der Waals surface area contributed by atoms with E-state index < -0.39 is 11.9 Å². The number of nitrogens with one attached hydrogen (secondary N) is 1. The highest BCUT2D eigenvalue weighted by molar-refractivity contribution is 9.10. The molecular formula is C16H14BrClN2O4. The Hall–Kier alpha value is -2.12. The summed E-state index contributed by atoms with van der Waals surface area (Å²) in [5.41, 5.74) is 0.267. The van der Waals surface area contributed by atoms with Crippen molar-refractivity contribution < 1.29 is 19.1 Å². The first-order valence-electron chi connectivity index (χ1n) is 6.97. The van der Waals surface area contributed by atoms with Crippen LogP contribution in [0.5, 0.6) is 5.75 Å². The second-order valence-electron chi connectivity index (χ2n) is 4.62. The van der Waals surface area contributed by atoms with Gasteiger partial charge in [-0.15, -0.1) is 0 Å². The number of ether oxygens (including phenoxy) is 2. The van der Waals surface area contributed by atoms with Crippen LogP contribution in [0.2, 0.25) is 5.02 Å². The molecule has 6 nitrogen and oxygen atoms in total. The SMILES string of the molecule is O=C(COC(=O)c1cncc(Br)c1)NCCOc1ccc(Cl)cc1. The molecule has 0 spiro atoms. The number of esters is 1. The summed E-state index contributed by atoms with van der Waals surface area (Å²) in [4.78, 5) is 27.2. The van der Waals surface area contributed by atoms with Crippen molar-refractivity contribution in [3.05, 3.63) is 57.8 Å². The summed E-state index contributed by atoms with van der Waals surface area (Å²) in [6.07, 6.45) is 2.91. The number of benzene rings is 1. The summed E-state index contributed by atoms with van der Waals surface area (Å²) in [5, 5.41) is 3.21. The smallest absolute Gasteiger partial charge is 0.340 e. The second kappa shape index (κ2) is 9.24. The van der Waals surface area contributed by atoms with Gasteiger partial charge in [0.15, 0.2) is 6.61 Å². The number of rotatable bonds is 7. The van der Waals surface area contributed by atoms with Crippen LogP contribution < -0.4 is 10.1 Å². The first kappa shape index (κ1) is 18.2. The number of nitrogens with zero attached hydrogens (tertiary/aromatic N) is 1. The van der Waals surface area contributed by atoms with Gasteiger partial charge >= 0.3 is 5.97 Å². The fourth-order valence-corrected chi connectivity index (χ4v) is 2.17. The van der Waals surface area contributed by atoms with Crippen LogP contribution in [-0.2, 0) is 9.53 Å². The summed E-state index contributed by atoms with van der Waals surface area (Å²) >= 11 is 8.97. The van der Waals surface area contributed by atoms with Gasteiger partial charge in [-0.3, -0.25) is 9.78 Å². The molecule has 0 unspecified atom stereocenters. The predicted octanol–water partition coefficient (Wildman–Crippen LogP) is 2.85. The van der Waals surface area contributed by atoms with Crippen molar-refractivity contribution in [2.24, 2.45) is 0 Å². The number of amides is 1. The molecule has 0 aliphatic rings. The summed E-state index contributed by atoms with van der Waals surface area (Å²) in [6.45, 7) is 0.209. The zero-order valence-corrected chi connectivity index (χ0v) is 14.8. The number of carbonyl (C=O) groups is 2. The maximum absolute atomic E-state index is 11.7. The van der Waals surface area contributed by atoms with Gasteiger partial charge in [0.2, 0.25) is 0 Å². The number of halogens is 2. The van der Waals surface area contributed by atoms with Gasteiger partial charge in [0.05, 0.1) is 12.1 Å². The number of hydrogen-bond acceptors (Lipinski definition) is 5. The topological polar surface area (TPSA) is 77.5 Å². The van der Waals surface area contributed by atoms with Crippen molar-refractivity contribution >= 4 is 39.4 Å².